The molecule has 0 spiro atoms. The summed E-state index contributed by atoms with van der Waals surface area (Å²) in [7, 11) is 1.87. The molecule has 0 saturated heterocycles. The molecule has 0 fully saturated rings. The summed E-state index contributed by atoms with van der Waals surface area (Å²) in [5, 5.41) is 4.47. The molecule has 1 aliphatic rings. The molecule has 30 heavy (non-hydrogen) atoms. The van der Waals surface area contributed by atoms with E-state index in [1.165, 1.54) is 21.8 Å². The summed E-state index contributed by atoms with van der Waals surface area (Å²) < 4.78 is 0.907. The Morgan fingerprint density at radius 3 is 3.03 bits per heavy atom. The average molecular weight is 440 g/mol. The maximum Gasteiger partial charge on any atom is 0.305 e. The van der Waals surface area contributed by atoms with Crippen molar-refractivity contribution >= 4 is 60.5 Å². The highest BCUT2D eigenvalue weighted by atomic mass is 32.1. The maximum absolute atomic E-state index is 12.6. The van der Waals surface area contributed by atoms with Gasteiger partial charge in [0.25, 0.3) is 0 Å². The van der Waals surface area contributed by atoms with Gasteiger partial charge in [0, 0.05) is 30.1 Å². The first kappa shape index (κ1) is 19.2. The van der Waals surface area contributed by atoms with Gasteiger partial charge in [-0.15, -0.1) is 11.3 Å². The second kappa shape index (κ2) is 7.48. The first-order valence-corrected chi connectivity index (χ1v) is 11.6. The molecule has 5 rings (SSSR count). The lowest BCUT2D eigenvalue weighted by molar-refractivity contribution is -0.134. The number of thiazole rings is 1. The van der Waals surface area contributed by atoms with Crippen molar-refractivity contribution in [3.05, 3.63) is 44.6 Å². The lowest BCUT2D eigenvalue weighted by Crippen LogP contribution is -2.35. The Morgan fingerprint density at radius 1 is 1.33 bits per heavy atom. The number of nitrogens with zero attached hydrogens (tertiary/aromatic N) is 3. The van der Waals surface area contributed by atoms with Gasteiger partial charge < -0.3 is 15.2 Å². The Labute approximate surface area is 180 Å². The van der Waals surface area contributed by atoms with Gasteiger partial charge in [0.1, 0.15) is 17.0 Å². The van der Waals surface area contributed by atoms with Gasteiger partial charge in [-0.3, -0.25) is 9.59 Å². The molecule has 154 valence electrons. The van der Waals surface area contributed by atoms with Crippen LogP contribution in [0.15, 0.2) is 29.3 Å². The minimum absolute atomic E-state index is 0.0404. The van der Waals surface area contributed by atoms with Crippen molar-refractivity contribution in [2.45, 2.75) is 26.2 Å². The Morgan fingerprint density at radius 2 is 2.20 bits per heavy atom. The van der Waals surface area contributed by atoms with Crippen LogP contribution >= 0.6 is 22.7 Å². The molecular formula is C21H21N5O2S2. The largest absolute Gasteiger partial charge is 0.346 e. The highest BCUT2D eigenvalue weighted by molar-refractivity contribution is 7.19. The Balaban J connectivity index is 1.49. The fourth-order valence-corrected chi connectivity index (χ4v) is 6.09. The summed E-state index contributed by atoms with van der Waals surface area (Å²) in [5.74, 6) is 1.04. The van der Waals surface area contributed by atoms with E-state index in [2.05, 4.69) is 20.3 Å². The third-order valence-corrected chi connectivity index (χ3v) is 7.74. The van der Waals surface area contributed by atoms with Crippen LogP contribution < -0.4 is 10.2 Å². The number of H-pyrrole nitrogens is 1. The van der Waals surface area contributed by atoms with Crippen LogP contribution in [0, 0.1) is 5.92 Å². The van der Waals surface area contributed by atoms with E-state index >= 15 is 0 Å². The predicted molar refractivity (Wildman–Crippen MR) is 122 cm³/mol. The van der Waals surface area contributed by atoms with Crippen molar-refractivity contribution in [1.29, 1.82) is 0 Å². The molecule has 4 aromatic rings. The van der Waals surface area contributed by atoms with Gasteiger partial charge in [-0.25, -0.2) is 9.97 Å². The minimum Gasteiger partial charge on any atom is -0.346 e. The number of nitrogens with one attached hydrogen (secondary N) is 2. The first-order chi connectivity index (χ1) is 14.5. The fraction of sp³-hybridized carbons (Fsp3) is 0.333. The number of amides is 1. The average Bonchev–Trinajstić information content (AvgIpc) is 3.31. The smallest absolute Gasteiger partial charge is 0.305 e. The summed E-state index contributed by atoms with van der Waals surface area (Å²) in [6.07, 6.45) is 4.04. The molecule has 3 aromatic heterocycles. The molecule has 1 atom stereocenters. The van der Waals surface area contributed by atoms with E-state index in [1.807, 2.05) is 32.2 Å². The summed E-state index contributed by atoms with van der Waals surface area (Å²) in [6, 6.07) is 5.80. The number of rotatable bonds is 4. The zero-order valence-corrected chi connectivity index (χ0v) is 18.3. The number of aromatic nitrogens is 3. The van der Waals surface area contributed by atoms with Crippen LogP contribution in [-0.4, -0.2) is 39.4 Å². The van der Waals surface area contributed by atoms with Gasteiger partial charge in [-0.2, -0.15) is 0 Å². The van der Waals surface area contributed by atoms with Crippen LogP contribution in [0.5, 0.6) is 0 Å². The van der Waals surface area contributed by atoms with E-state index in [1.54, 1.807) is 22.6 Å². The zero-order valence-electron chi connectivity index (χ0n) is 16.7. The number of carbonyl (C=O) groups is 1. The summed E-state index contributed by atoms with van der Waals surface area (Å²) in [5.41, 5.74) is 2.98. The van der Waals surface area contributed by atoms with Crippen LogP contribution in [0.2, 0.25) is 0 Å². The standard InChI is InChI=1S/C21H21N5O2S2/c1-3-26(2)20(27)11-4-6-13-15(8-11)29-19-17(13)18(22-10-23-19)24-12-5-7-14-16(9-12)30-21(28)25-14/h5,7,9-11H,3-4,6,8H2,1-2H3,(H,25,28)(H,22,23,24). The molecule has 9 heteroatoms. The number of hydrogen-bond acceptors (Lipinski definition) is 7. The van der Waals surface area contributed by atoms with E-state index < -0.39 is 0 Å². The molecule has 1 aromatic carbocycles. The molecule has 0 bridgehead atoms. The van der Waals surface area contributed by atoms with Gasteiger partial charge in [-0.1, -0.05) is 11.3 Å². The Kier molecular flexibility index (Phi) is 4.79. The topological polar surface area (TPSA) is 91.0 Å². The molecule has 2 N–H and O–H groups in total. The van der Waals surface area contributed by atoms with Crippen LogP contribution in [0.4, 0.5) is 11.5 Å². The van der Waals surface area contributed by atoms with Crippen molar-refractivity contribution in [2.75, 3.05) is 18.9 Å². The van der Waals surface area contributed by atoms with Gasteiger partial charge in [-0.05, 0) is 49.9 Å². The van der Waals surface area contributed by atoms with E-state index in [9.17, 15) is 9.59 Å². The van der Waals surface area contributed by atoms with Crippen LogP contribution in [0.25, 0.3) is 20.4 Å². The third-order valence-electron chi connectivity index (χ3n) is 5.73. The normalized spacial score (nSPS) is 16.0. The van der Waals surface area contributed by atoms with Gasteiger partial charge in [0.15, 0.2) is 0 Å². The van der Waals surface area contributed by atoms with Crippen LogP contribution in [0.3, 0.4) is 0 Å². The van der Waals surface area contributed by atoms with Crippen molar-refractivity contribution in [3.8, 4) is 0 Å². The number of anilines is 2. The van der Waals surface area contributed by atoms with E-state index in [4.69, 9.17) is 0 Å². The SMILES string of the molecule is CCN(C)C(=O)C1CCc2c(sc3ncnc(Nc4ccc5[nH]c(=O)sc5c4)c23)C1. The Bertz CT molecular complexity index is 1320. The number of carbonyl (C=O) groups excluding carboxylic acids is 1. The molecule has 1 amide bonds. The number of thiophene rings is 1. The van der Waals surface area contributed by atoms with Gasteiger partial charge >= 0.3 is 4.87 Å². The highest BCUT2D eigenvalue weighted by Gasteiger charge is 2.30. The van der Waals surface area contributed by atoms with Crippen LogP contribution in [0.1, 0.15) is 23.8 Å². The fourth-order valence-electron chi connectivity index (χ4n) is 4.04. The number of benzene rings is 1. The lowest BCUT2D eigenvalue weighted by Gasteiger charge is -2.26. The molecule has 0 aliphatic heterocycles. The van der Waals surface area contributed by atoms with E-state index in [0.29, 0.717) is 0 Å². The molecule has 1 aliphatic carbocycles. The molecule has 7 nitrogen and oxygen atoms in total. The van der Waals surface area contributed by atoms with E-state index in [0.717, 1.165) is 57.7 Å². The van der Waals surface area contributed by atoms with Crippen LogP contribution in [-0.2, 0) is 17.6 Å². The predicted octanol–water partition coefficient (Wildman–Crippen LogP) is 3.92. The quantitative estimate of drug-likeness (QED) is 0.503. The van der Waals surface area contributed by atoms with Crippen molar-refractivity contribution < 1.29 is 4.79 Å². The maximum atomic E-state index is 12.6. The van der Waals surface area contributed by atoms with Crippen molar-refractivity contribution in [2.24, 2.45) is 5.92 Å². The Hall–Kier alpha value is -2.78. The van der Waals surface area contributed by atoms with E-state index in [-0.39, 0.29) is 16.7 Å². The zero-order chi connectivity index (χ0) is 20.8. The highest BCUT2D eigenvalue weighted by Crippen LogP contribution is 2.40. The summed E-state index contributed by atoms with van der Waals surface area (Å²) in [4.78, 5) is 40.0. The monoisotopic (exact) mass is 439 g/mol. The van der Waals surface area contributed by atoms with Crippen molar-refractivity contribution in [1.82, 2.24) is 19.9 Å². The molecule has 3 heterocycles. The minimum atomic E-state index is -0.0590. The van der Waals surface area contributed by atoms with Crippen molar-refractivity contribution in [3.63, 3.8) is 0 Å². The van der Waals surface area contributed by atoms with Gasteiger partial charge in [0.05, 0.1) is 15.6 Å². The second-order valence-corrected chi connectivity index (χ2v) is 9.65. The molecular weight excluding hydrogens is 418 g/mol. The third kappa shape index (κ3) is 3.27. The lowest BCUT2D eigenvalue weighted by atomic mass is 9.87. The molecule has 0 radical (unpaired) electrons. The number of aromatic amines is 1. The number of hydrogen-bond donors (Lipinski definition) is 2. The summed E-state index contributed by atoms with van der Waals surface area (Å²) in [6.45, 7) is 2.73. The summed E-state index contributed by atoms with van der Waals surface area (Å²) >= 11 is 2.86. The number of aryl methyl sites for hydroxylation is 1. The molecule has 0 saturated carbocycles. The number of fused-ring (bicyclic) bond motifs is 4. The molecule has 1 unspecified atom stereocenters. The first-order valence-electron chi connectivity index (χ1n) is 9.93. The van der Waals surface area contributed by atoms with Gasteiger partial charge in [0.2, 0.25) is 5.91 Å². The second-order valence-electron chi connectivity index (χ2n) is 7.55.